The SMILES string of the molecule is CN(C)C(=O)CNc1nnc(CCl)o1. The smallest absolute Gasteiger partial charge is 0.315 e. The van der Waals surface area contributed by atoms with Gasteiger partial charge in [-0.3, -0.25) is 4.79 Å². The van der Waals surface area contributed by atoms with E-state index >= 15 is 0 Å². The van der Waals surface area contributed by atoms with Crippen LogP contribution in [0.4, 0.5) is 6.01 Å². The van der Waals surface area contributed by atoms with Gasteiger partial charge in [0.05, 0.1) is 6.54 Å². The van der Waals surface area contributed by atoms with Gasteiger partial charge < -0.3 is 14.6 Å². The third-order valence-electron chi connectivity index (χ3n) is 1.47. The number of hydrogen-bond acceptors (Lipinski definition) is 5. The van der Waals surface area contributed by atoms with Crippen molar-refractivity contribution in [1.82, 2.24) is 15.1 Å². The molecule has 1 N–H and O–H groups in total. The number of alkyl halides is 1. The fraction of sp³-hybridized carbons (Fsp3) is 0.571. The minimum Gasteiger partial charge on any atom is -0.407 e. The number of rotatable bonds is 4. The Hall–Kier alpha value is -1.30. The van der Waals surface area contributed by atoms with Crippen molar-refractivity contribution in [2.45, 2.75) is 5.88 Å². The lowest BCUT2D eigenvalue weighted by Crippen LogP contribution is -2.28. The summed E-state index contributed by atoms with van der Waals surface area (Å²) in [5, 5.41) is 9.95. The second kappa shape index (κ2) is 4.80. The molecule has 0 aliphatic rings. The highest BCUT2D eigenvalue weighted by atomic mass is 35.5. The van der Waals surface area contributed by atoms with Crippen LogP contribution in [0.1, 0.15) is 5.89 Å². The molecule has 0 aliphatic carbocycles. The molecular formula is C7H11ClN4O2. The Morgan fingerprint density at radius 3 is 2.79 bits per heavy atom. The lowest BCUT2D eigenvalue weighted by atomic mass is 10.5. The molecular weight excluding hydrogens is 208 g/mol. The molecule has 0 aliphatic heterocycles. The van der Waals surface area contributed by atoms with Crippen LogP contribution in [0.25, 0.3) is 0 Å². The second-order valence-corrected chi connectivity index (χ2v) is 3.04. The number of anilines is 1. The summed E-state index contributed by atoms with van der Waals surface area (Å²) in [5.41, 5.74) is 0. The van der Waals surface area contributed by atoms with Crippen LogP contribution in [0.15, 0.2) is 4.42 Å². The lowest BCUT2D eigenvalue weighted by Gasteiger charge is -2.09. The van der Waals surface area contributed by atoms with Crippen molar-refractivity contribution < 1.29 is 9.21 Å². The highest BCUT2D eigenvalue weighted by Gasteiger charge is 2.07. The van der Waals surface area contributed by atoms with Crippen LogP contribution >= 0.6 is 11.6 Å². The van der Waals surface area contributed by atoms with Gasteiger partial charge in [0, 0.05) is 14.1 Å². The highest BCUT2D eigenvalue weighted by molar-refractivity contribution is 6.16. The monoisotopic (exact) mass is 218 g/mol. The van der Waals surface area contributed by atoms with Crippen molar-refractivity contribution in [2.75, 3.05) is 26.0 Å². The third kappa shape index (κ3) is 2.88. The number of carbonyl (C=O) groups excluding carboxylic acids is 1. The van der Waals surface area contributed by atoms with Gasteiger partial charge in [0.1, 0.15) is 5.88 Å². The molecule has 0 unspecified atom stereocenters. The van der Waals surface area contributed by atoms with Gasteiger partial charge in [0.2, 0.25) is 11.8 Å². The molecule has 0 fully saturated rings. The van der Waals surface area contributed by atoms with Gasteiger partial charge in [0.15, 0.2) is 0 Å². The molecule has 0 radical (unpaired) electrons. The maximum atomic E-state index is 11.1. The number of amides is 1. The minimum atomic E-state index is -0.0735. The molecule has 6 nitrogen and oxygen atoms in total. The largest absolute Gasteiger partial charge is 0.407 e. The zero-order chi connectivity index (χ0) is 10.6. The molecule has 7 heteroatoms. The molecule has 0 saturated carbocycles. The maximum Gasteiger partial charge on any atom is 0.315 e. The summed E-state index contributed by atoms with van der Waals surface area (Å²) in [4.78, 5) is 12.6. The van der Waals surface area contributed by atoms with Gasteiger partial charge in [-0.1, -0.05) is 5.10 Å². The average Bonchev–Trinajstić information content (AvgIpc) is 2.61. The van der Waals surface area contributed by atoms with E-state index < -0.39 is 0 Å². The van der Waals surface area contributed by atoms with Gasteiger partial charge in [-0.05, 0) is 0 Å². The van der Waals surface area contributed by atoms with E-state index in [1.807, 2.05) is 0 Å². The van der Waals surface area contributed by atoms with E-state index in [0.29, 0.717) is 5.89 Å². The number of likely N-dealkylation sites (N-methyl/N-ethyl adjacent to an activating group) is 1. The quantitative estimate of drug-likeness (QED) is 0.737. The Balaban J connectivity index is 2.41. The van der Waals surface area contributed by atoms with E-state index in [-0.39, 0.29) is 24.3 Å². The standard InChI is InChI=1S/C7H11ClN4O2/c1-12(2)6(13)4-9-7-11-10-5(3-8)14-7/h3-4H2,1-2H3,(H,9,11). The van der Waals surface area contributed by atoms with Crippen molar-refractivity contribution in [1.29, 1.82) is 0 Å². The van der Waals surface area contributed by atoms with Crippen molar-refractivity contribution in [2.24, 2.45) is 0 Å². The van der Waals surface area contributed by atoms with E-state index in [1.54, 1.807) is 14.1 Å². The molecule has 0 aromatic carbocycles. The average molecular weight is 219 g/mol. The summed E-state index contributed by atoms with van der Waals surface area (Å²) < 4.78 is 5.03. The molecule has 1 amide bonds. The first kappa shape index (κ1) is 10.8. The second-order valence-electron chi connectivity index (χ2n) is 2.78. The van der Waals surface area contributed by atoms with E-state index in [2.05, 4.69) is 15.5 Å². The number of carbonyl (C=O) groups is 1. The summed E-state index contributed by atoms with van der Waals surface area (Å²) in [6.07, 6.45) is 0. The van der Waals surface area contributed by atoms with Crippen LogP contribution in [-0.4, -0.2) is 41.6 Å². The van der Waals surface area contributed by atoms with E-state index in [0.717, 1.165) is 0 Å². The molecule has 0 saturated heterocycles. The number of aromatic nitrogens is 2. The Bertz CT molecular complexity index is 312. The van der Waals surface area contributed by atoms with E-state index in [1.165, 1.54) is 4.90 Å². The van der Waals surface area contributed by atoms with Crippen LogP contribution in [-0.2, 0) is 10.7 Å². The molecule has 1 aromatic heterocycles. The molecule has 1 aromatic rings. The first-order valence-corrected chi connectivity index (χ1v) is 4.49. The first-order chi connectivity index (χ1) is 6.63. The number of nitrogens with zero attached hydrogens (tertiary/aromatic N) is 3. The predicted octanol–water partition coefficient (Wildman–Crippen LogP) is 0.308. The van der Waals surface area contributed by atoms with Crippen molar-refractivity contribution in [3.63, 3.8) is 0 Å². The van der Waals surface area contributed by atoms with Crippen LogP contribution < -0.4 is 5.32 Å². The highest BCUT2D eigenvalue weighted by Crippen LogP contribution is 2.06. The summed E-state index contributed by atoms with van der Waals surface area (Å²) >= 11 is 5.45. The number of halogens is 1. The van der Waals surface area contributed by atoms with Crippen LogP contribution in [0.2, 0.25) is 0 Å². The first-order valence-electron chi connectivity index (χ1n) is 3.96. The Morgan fingerprint density at radius 1 is 1.57 bits per heavy atom. The van der Waals surface area contributed by atoms with Gasteiger partial charge in [-0.15, -0.1) is 16.7 Å². The maximum absolute atomic E-state index is 11.1. The Labute approximate surface area is 86.2 Å². The Kier molecular flexibility index (Phi) is 3.70. The Morgan fingerprint density at radius 2 is 2.29 bits per heavy atom. The van der Waals surface area contributed by atoms with E-state index in [4.69, 9.17) is 16.0 Å². The summed E-state index contributed by atoms with van der Waals surface area (Å²) in [6, 6.07) is 0.204. The molecule has 0 bridgehead atoms. The molecule has 1 rings (SSSR count). The van der Waals surface area contributed by atoms with Gasteiger partial charge in [-0.25, -0.2) is 0 Å². The molecule has 0 atom stereocenters. The van der Waals surface area contributed by atoms with Crippen LogP contribution in [0.5, 0.6) is 0 Å². The normalized spacial score (nSPS) is 9.93. The topological polar surface area (TPSA) is 71.3 Å². The fourth-order valence-electron chi connectivity index (χ4n) is 0.688. The summed E-state index contributed by atoms with van der Waals surface area (Å²) in [5.74, 6) is 0.415. The van der Waals surface area contributed by atoms with Gasteiger partial charge in [-0.2, -0.15) is 0 Å². The molecule has 14 heavy (non-hydrogen) atoms. The third-order valence-corrected chi connectivity index (χ3v) is 1.70. The minimum absolute atomic E-state index is 0.0735. The molecule has 0 spiro atoms. The fourth-order valence-corrected chi connectivity index (χ4v) is 0.796. The van der Waals surface area contributed by atoms with Crippen molar-refractivity contribution in [3.05, 3.63) is 5.89 Å². The lowest BCUT2D eigenvalue weighted by molar-refractivity contribution is -0.126. The molecule has 78 valence electrons. The molecule has 1 heterocycles. The summed E-state index contributed by atoms with van der Waals surface area (Å²) in [7, 11) is 3.34. The van der Waals surface area contributed by atoms with Crippen molar-refractivity contribution >= 4 is 23.5 Å². The van der Waals surface area contributed by atoms with Gasteiger partial charge >= 0.3 is 6.01 Å². The predicted molar refractivity (Wildman–Crippen MR) is 51.0 cm³/mol. The van der Waals surface area contributed by atoms with Crippen LogP contribution in [0, 0.1) is 0 Å². The number of hydrogen-bond donors (Lipinski definition) is 1. The van der Waals surface area contributed by atoms with Crippen LogP contribution in [0.3, 0.4) is 0 Å². The zero-order valence-electron chi connectivity index (χ0n) is 7.95. The number of nitrogens with one attached hydrogen (secondary N) is 1. The van der Waals surface area contributed by atoms with Crippen molar-refractivity contribution in [3.8, 4) is 0 Å². The zero-order valence-corrected chi connectivity index (χ0v) is 8.71. The van der Waals surface area contributed by atoms with Gasteiger partial charge in [0.25, 0.3) is 0 Å². The van der Waals surface area contributed by atoms with E-state index in [9.17, 15) is 4.79 Å². The summed E-state index contributed by atoms with van der Waals surface area (Å²) in [6.45, 7) is 0.122.